The molecule has 1 aliphatic rings. The van der Waals surface area contributed by atoms with Crippen molar-refractivity contribution >= 4 is 12.0 Å². The van der Waals surface area contributed by atoms with Gasteiger partial charge in [-0.25, -0.2) is 4.79 Å². The van der Waals surface area contributed by atoms with E-state index in [1.807, 2.05) is 0 Å². The number of nitrogens with one attached hydrogen (secondary N) is 2. The lowest BCUT2D eigenvalue weighted by Gasteiger charge is -2.22. The number of amides is 2. The van der Waals surface area contributed by atoms with E-state index in [2.05, 4.69) is 22.5 Å². The SMILES string of the molecule is CCN1CCCC1CNC(=O)NCCC(C)C(=O)O. The van der Waals surface area contributed by atoms with Crippen LogP contribution in [0.2, 0.25) is 0 Å². The predicted molar refractivity (Wildman–Crippen MR) is 73.1 cm³/mol. The van der Waals surface area contributed by atoms with Crippen molar-refractivity contribution in [1.29, 1.82) is 0 Å². The topological polar surface area (TPSA) is 81.7 Å². The maximum Gasteiger partial charge on any atom is 0.314 e. The van der Waals surface area contributed by atoms with Crippen molar-refractivity contribution in [3.63, 3.8) is 0 Å². The molecule has 3 N–H and O–H groups in total. The van der Waals surface area contributed by atoms with Crippen LogP contribution in [0.3, 0.4) is 0 Å². The number of aliphatic carboxylic acids is 1. The van der Waals surface area contributed by atoms with Crippen LogP contribution in [-0.2, 0) is 4.79 Å². The Kier molecular flexibility index (Phi) is 6.62. The van der Waals surface area contributed by atoms with Gasteiger partial charge < -0.3 is 15.7 Å². The number of urea groups is 1. The number of carbonyl (C=O) groups excluding carboxylic acids is 1. The highest BCUT2D eigenvalue weighted by molar-refractivity contribution is 5.74. The first-order chi connectivity index (χ1) is 9.04. The zero-order valence-electron chi connectivity index (χ0n) is 11.8. The third kappa shape index (κ3) is 5.46. The number of carbonyl (C=O) groups is 2. The molecule has 1 rings (SSSR count). The van der Waals surface area contributed by atoms with Gasteiger partial charge in [-0.15, -0.1) is 0 Å². The van der Waals surface area contributed by atoms with Crippen molar-refractivity contribution in [3.05, 3.63) is 0 Å². The van der Waals surface area contributed by atoms with Crippen LogP contribution in [0.25, 0.3) is 0 Å². The first-order valence-corrected chi connectivity index (χ1v) is 7.03. The van der Waals surface area contributed by atoms with Gasteiger partial charge in [0.2, 0.25) is 0 Å². The minimum atomic E-state index is -0.827. The quantitative estimate of drug-likeness (QED) is 0.642. The van der Waals surface area contributed by atoms with Crippen molar-refractivity contribution in [2.75, 3.05) is 26.2 Å². The summed E-state index contributed by atoms with van der Waals surface area (Å²) in [7, 11) is 0. The second kappa shape index (κ2) is 7.99. The molecule has 1 heterocycles. The lowest BCUT2D eigenvalue weighted by molar-refractivity contribution is -0.141. The average Bonchev–Trinajstić information content (AvgIpc) is 2.83. The monoisotopic (exact) mass is 271 g/mol. The minimum absolute atomic E-state index is 0.208. The van der Waals surface area contributed by atoms with Gasteiger partial charge in [-0.3, -0.25) is 9.69 Å². The highest BCUT2D eigenvalue weighted by atomic mass is 16.4. The molecule has 1 fully saturated rings. The van der Waals surface area contributed by atoms with Crippen molar-refractivity contribution in [3.8, 4) is 0 Å². The summed E-state index contributed by atoms with van der Waals surface area (Å²) in [5.74, 6) is -1.25. The number of likely N-dealkylation sites (tertiary alicyclic amines) is 1. The smallest absolute Gasteiger partial charge is 0.314 e. The Bertz CT molecular complexity index is 310. The van der Waals surface area contributed by atoms with E-state index in [1.165, 1.54) is 6.42 Å². The maximum atomic E-state index is 11.6. The molecule has 0 saturated carbocycles. The molecule has 0 bridgehead atoms. The van der Waals surface area contributed by atoms with E-state index in [1.54, 1.807) is 6.92 Å². The minimum Gasteiger partial charge on any atom is -0.481 e. The second-order valence-electron chi connectivity index (χ2n) is 5.09. The largest absolute Gasteiger partial charge is 0.481 e. The van der Waals surface area contributed by atoms with Crippen LogP contribution >= 0.6 is 0 Å². The summed E-state index contributed by atoms with van der Waals surface area (Å²) in [4.78, 5) is 24.5. The summed E-state index contributed by atoms with van der Waals surface area (Å²) < 4.78 is 0. The first-order valence-electron chi connectivity index (χ1n) is 7.03. The van der Waals surface area contributed by atoms with Crippen LogP contribution in [0, 0.1) is 5.92 Å². The molecule has 2 atom stereocenters. The van der Waals surface area contributed by atoms with Gasteiger partial charge in [0.25, 0.3) is 0 Å². The summed E-state index contributed by atoms with van der Waals surface area (Å²) in [6.45, 7) is 6.95. The molecule has 2 amide bonds. The molecule has 1 aliphatic heterocycles. The van der Waals surface area contributed by atoms with E-state index < -0.39 is 11.9 Å². The highest BCUT2D eigenvalue weighted by Gasteiger charge is 2.23. The van der Waals surface area contributed by atoms with E-state index in [-0.39, 0.29) is 6.03 Å². The van der Waals surface area contributed by atoms with Crippen LogP contribution in [0.5, 0.6) is 0 Å². The molecule has 0 spiro atoms. The lowest BCUT2D eigenvalue weighted by atomic mass is 10.1. The molecular weight excluding hydrogens is 246 g/mol. The molecule has 6 nitrogen and oxygen atoms in total. The molecule has 110 valence electrons. The normalized spacial score (nSPS) is 21.1. The number of carboxylic acid groups (broad SMARTS) is 1. The van der Waals surface area contributed by atoms with Crippen molar-refractivity contribution in [1.82, 2.24) is 15.5 Å². The Morgan fingerprint density at radius 2 is 2.16 bits per heavy atom. The fourth-order valence-electron chi connectivity index (χ4n) is 2.34. The second-order valence-corrected chi connectivity index (χ2v) is 5.09. The zero-order chi connectivity index (χ0) is 14.3. The molecule has 19 heavy (non-hydrogen) atoms. The molecule has 0 aliphatic carbocycles. The van der Waals surface area contributed by atoms with Crippen molar-refractivity contribution < 1.29 is 14.7 Å². The molecule has 2 unspecified atom stereocenters. The molecular formula is C13H25N3O3. The molecule has 0 radical (unpaired) electrons. The van der Waals surface area contributed by atoms with Gasteiger partial charge >= 0.3 is 12.0 Å². The number of rotatable bonds is 7. The summed E-state index contributed by atoms with van der Waals surface area (Å²) in [6, 6.07) is 0.231. The van der Waals surface area contributed by atoms with Gasteiger partial charge in [-0.05, 0) is 32.4 Å². The standard InChI is InChI=1S/C13H25N3O3/c1-3-16-8-4-5-11(16)9-15-13(19)14-7-6-10(2)12(17)18/h10-11H,3-9H2,1-2H3,(H,17,18)(H2,14,15,19). The molecule has 6 heteroatoms. The third-order valence-corrected chi connectivity index (χ3v) is 3.69. The molecule has 1 saturated heterocycles. The van der Waals surface area contributed by atoms with E-state index in [9.17, 15) is 9.59 Å². The van der Waals surface area contributed by atoms with Gasteiger partial charge in [-0.1, -0.05) is 13.8 Å². The average molecular weight is 271 g/mol. The van der Waals surface area contributed by atoms with Gasteiger partial charge in [0.15, 0.2) is 0 Å². The number of carboxylic acids is 1. The van der Waals surface area contributed by atoms with E-state index in [0.717, 1.165) is 19.5 Å². The van der Waals surface area contributed by atoms with Crippen molar-refractivity contribution in [2.45, 2.75) is 39.2 Å². The Labute approximate surface area is 114 Å². The third-order valence-electron chi connectivity index (χ3n) is 3.69. The maximum absolute atomic E-state index is 11.6. The summed E-state index contributed by atoms with van der Waals surface area (Å²) in [5.41, 5.74) is 0. The summed E-state index contributed by atoms with van der Waals surface area (Å²) in [5, 5.41) is 14.3. The van der Waals surface area contributed by atoms with Crippen LogP contribution < -0.4 is 10.6 Å². The van der Waals surface area contributed by atoms with E-state index in [4.69, 9.17) is 5.11 Å². The Morgan fingerprint density at radius 1 is 1.42 bits per heavy atom. The Hall–Kier alpha value is -1.30. The zero-order valence-corrected chi connectivity index (χ0v) is 11.8. The Balaban J connectivity index is 2.12. The number of nitrogens with zero attached hydrogens (tertiary/aromatic N) is 1. The van der Waals surface area contributed by atoms with E-state index in [0.29, 0.717) is 25.6 Å². The highest BCUT2D eigenvalue weighted by Crippen LogP contribution is 2.15. The summed E-state index contributed by atoms with van der Waals surface area (Å²) in [6.07, 6.45) is 2.77. The first kappa shape index (κ1) is 15.8. The fraction of sp³-hybridized carbons (Fsp3) is 0.846. The van der Waals surface area contributed by atoms with E-state index >= 15 is 0 Å². The number of hydrogen-bond acceptors (Lipinski definition) is 3. The Morgan fingerprint density at radius 3 is 2.79 bits per heavy atom. The molecule has 0 aromatic rings. The van der Waals surface area contributed by atoms with Gasteiger partial charge in [-0.2, -0.15) is 0 Å². The summed E-state index contributed by atoms with van der Waals surface area (Å²) >= 11 is 0. The molecule has 0 aromatic carbocycles. The van der Waals surface area contributed by atoms with Gasteiger partial charge in [0, 0.05) is 19.1 Å². The van der Waals surface area contributed by atoms with Crippen LogP contribution in [0.1, 0.15) is 33.1 Å². The molecule has 0 aromatic heterocycles. The van der Waals surface area contributed by atoms with Crippen LogP contribution in [-0.4, -0.2) is 54.2 Å². The van der Waals surface area contributed by atoms with Gasteiger partial charge in [0.1, 0.15) is 0 Å². The van der Waals surface area contributed by atoms with Crippen LogP contribution in [0.4, 0.5) is 4.79 Å². The van der Waals surface area contributed by atoms with Crippen LogP contribution in [0.15, 0.2) is 0 Å². The lowest BCUT2D eigenvalue weighted by Crippen LogP contribution is -2.44. The number of hydrogen-bond donors (Lipinski definition) is 3. The fourth-order valence-corrected chi connectivity index (χ4v) is 2.34. The van der Waals surface area contributed by atoms with Gasteiger partial charge in [0.05, 0.1) is 5.92 Å². The number of likely N-dealkylation sites (N-methyl/N-ethyl adjacent to an activating group) is 1. The predicted octanol–water partition coefficient (Wildman–Crippen LogP) is 0.881. The van der Waals surface area contributed by atoms with Crippen molar-refractivity contribution in [2.24, 2.45) is 5.92 Å².